The first-order valence-electron chi connectivity index (χ1n) is 7.67. The summed E-state index contributed by atoms with van der Waals surface area (Å²) in [5, 5.41) is 0. The van der Waals surface area contributed by atoms with Gasteiger partial charge in [-0.15, -0.1) is 0 Å². The van der Waals surface area contributed by atoms with Crippen molar-refractivity contribution >= 4 is 10.0 Å². The second-order valence-electron chi connectivity index (χ2n) is 5.99. The van der Waals surface area contributed by atoms with Gasteiger partial charge in [0.25, 0.3) is 0 Å². The van der Waals surface area contributed by atoms with E-state index >= 15 is 0 Å². The van der Waals surface area contributed by atoms with Crippen molar-refractivity contribution in [3.8, 4) is 5.75 Å². The van der Waals surface area contributed by atoms with Crippen LogP contribution in [0.5, 0.6) is 5.75 Å². The summed E-state index contributed by atoms with van der Waals surface area (Å²) in [6.07, 6.45) is 0.813. The molecule has 0 unspecified atom stereocenters. The fraction of sp³-hybridized carbons (Fsp3) is 0.333. The van der Waals surface area contributed by atoms with Gasteiger partial charge in [0.15, 0.2) is 0 Å². The number of sulfonamides is 1. The zero-order valence-electron chi connectivity index (χ0n) is 13.3. The van der Waals surface area contributed by atoms with Gasteiger partial charge >= 0.3 is 0 Å². The van der Waals surface area contributed by atoms with E-state index in [0.29, 0.717) is 0 Å². The molecule has 4 nitrogen and oxygen atoms in total. The maximum Gasteiger partial charge on any atom is 0.216 e. The molecule has 0 aliphatic heterocycles. The normalized spacial score (nSPS) is 20.3. The van der Waals surface area contributed by atoms with Crippen molar-refractivity contribution in [3.63, 3.8) is 0 Å². The summed E-state index contributed by atoms with van der Waals surface area (Å²) in [5.41, 5.74) is 2.91. The van der Waals surface area contributed by atoms with E-state index in [1.165, 1.54) is 0 Å². The number of rotatable bonds is 6. The number of benzene rings is 2. The fourth-order valence-corrected chi connectivity index (χ4v) is 4.43. The fourth-order valence-electron chi connectivity index (χ4n) is 2.89. The van der Waals surface area contributed by atoms with Gasteiger partial charge in [-0.05, 0) is 36.1 Å². The minimum atomic E-state index is -3.35. The number of ether oxygens (including phenoxy) is 1. The predicted molar refractivity (Wildman–Crippen MR) is 91.1 cm³/mol. The smallest absolute Gasteiger partial charge is 0.216 e. The van der Waals surface area contributed by atoms with Gasteiger partial charge in [0.05, 0.1) is 12.9 Å². The summed E-state index contributed by atoms with van der Waals surface area (Å²) < 4.78 is 33.0. The monoisotopic (exact) mass is 331 g/mol. The summed E-state index contributed by atoms with van der Waals surface area (Å²) in [6, 6.07) is 15.3. The van der Waals surface area contributed by atoms with Crippen molar-refractivity contribution in [2.75, 3.05) is 7.11 Å². The summed E-state index contributed by atoms with van der Waals surface area (Å²) >= 11 is 0. The first kappa shape index (κ1) is 16.0. The molecule has 5 heteroatoms. The summed E-state index contributed by atoms with van der Waals surface area (Å²) in [5.74, 6) is 1.03. The molecule has 1 N–H and O–H groups in total. The van der Waals surface area contributed by atoms with Crippen molar-refractivity contribution in [2.45, 2.75) is 31.1 Å². The van der Waals surface area contributed by atoms with Gasteiger partial charge in [-0.2, -0.15) is 0 Å². The average Bonchev–Trinajstić information content (AvgIpc) is 3.27. The first-order chi connectivity index (χ1) is 11.0. The standard InChI is InChI=1S/C18H21NO3S/c1-13-7-3-4-8-14(13)12-23(20,21)19-17-11-16(17)15-9-5-6-10-18(15)22-2/h3-10,16-17,19H,11-12H2,1-2H3/t16-,17-/m1/s1. The summed E-state index contributed by atoms with van der Waals surface area (Å²) in [7, 11) is -1.71. The molecule has 23 heavy (non-hydrogen) atoms. The van der Waals surface area contributed by atoms with Gasteiger partial charge in [-0.1, -0.05) is 42.5 Å². The van der Waals surface area contributed by atoms with Crippen LogP contribution < -0.4 is 9.46 Å². The third-order valence-corrected chi connectivity index (χ3v) is 5.62. The second-order valence-corrected chi connectivity index (χ2v) is 7.75. The quantitative estimate of drug-likeness (QED) is 0.885. The number of nitrogens with one attached hydrogen (secondary N) is 1. The van der Waals surface area contributed by atoms with Gasteiger partial charge in [-0.3, -0.25) is 0 Å². The van der Waals surface area contributed by atoms with Gasteiger partial charge in [0.1, 0.15) is 5.75 Å². The van der Waals surface area contributed by atoms with Crippen molar-refractivity contribution in [1.82, 2.24) is 4.72 Å². The lowest BCUT2D eigenvalue weighted by molar-refractivity contribution is 0.409. The molecule has 0 heterocycles. The second kappa shape index (κ2) is 6.34. The highest BCUT2D eigenvalue weighted by molar-refractivity contribution is 7.88. The zero-order valence-corrected chi connectivity index (χ0v) is 14.1. The van der Waals surface area contributed by atoms with E-state index in [1.807, 2.05) is 55.5 Å². The van der Waals surface area contributed by atoms with E-state index in [0.717, 1.165) is 28.9 Å². The highest BCUT2D eigenvalue weighted by Gasteiger charge is 2.42. The molecule has 1 saturated carbocycles. The van der Waals surface area contributed by atoms with Crippen LogP contribution in [0.4, 0.5) is 0 Å². The Morgan fingerprint density at radius 2 is 1.83 bits per heavy atom. The Morgan fingerprint density at radius 1 is 1.13 bits per heavy atom. The molecule has 0 radical (unpaired) electrons. The van der Waals surface area contributed by atoms with Crippen LogP contribution in [0.1, 0.15) is 29.0 Å². The molecule has 1 aliphatic rings. The Hall–Kier alpha value is -1.85. The minimum absolute atomic E-state index is 0.0226. The molecular formula is C18H21NO3S. The molecule has 1 fully saturated rings. The number of aryl methyl sites for hydroxylation is 1. The van der Waals surface area contributed by atoms with E-state index in [-0.39, 0.29) is 17.7 Å². The SMILES string of the molecule is COc1ccccc1[C@H]1C[C@H]1NS(=O)(=O)Cc1ccccc1C. The van der Waals surface area contributed by atoms with Crippen LogP contribution >= 0.6 is 0 Å². The Balaban J connectivity index is 1.68. The van der Waals surface area contributed by atoms with E-state index in [4.69, 9.17) is 4.74 Å². The Bertz CT molecular complexity index is 801. The van der Waals surface area contributed by atoms with Crippen LogP contribution in [0.25, 0.3) is 0 Å². The van der Waals surface area contributed by atoms with Gasteiger partial charge in [0.2, 0.25) is 10.0 Å². The molecule has 0 saturated heterocycles. The average molecular weight is 331 g/mol. The van der Waals surface area contributed by atoms with Gasteiger partial charge in [0, 0.05) is 12.0 Å². The number of hydrogen-bond acceptors (Lipinski definition) is 3. The molecule has 0 aromatic heterocycles. The molecule has 122 valence electrons. The largest absolute Gasteiger partial charge is 0.496 e. The zero-order chi connectivity index (χ0) is 16.4. The maximum absolute atomic E-state index is 12.4. The van der Waals surface area contributed by atoms with Crippen LogP contribution in [0, 0.1) is 6.92 Å². The highest BCUT2D eigenvalue weighted by Crippen LogP contribution is 2.45. The van der Waals surface area contributed by atoms with Gasteiger partial charge in [-0.25, -0.2) is 13.1 Å². The summed E-state index contributed by atoms with van der Waals surface area (Å²) in [6.45, 7) is 1.93. The van der Waals surface area contributed by atoms with Crippen molar-refractivity contribution in [3.05, 3.63) is 65.2 Å². The molecule has 2 aromatic carbocycles. The molecule has 0 amide bonds. The minimum Gasteiger partial charge on any atom is -0.496 e. The van der Waals surface area contributed by atoms with Crippen molar-refractivity contribution in [1.29, 1.82) is 0 Å². The van der Waals surface area contributed by atoms with Crippen molar-refractivity contribution in [2.24, 2.45) is 0 Å². The molecule has 3 rings (SSSR count). The Kier molecular flexibility index (Phi) is 4.41. The lowest BCUT2D eigenvalue weighted by Crippen LogP contribution is -2.28. The number of methoxy groups -OCH3 is 1. The number of hydrogen-bond donors (Lipinski definition) is 1. The third kappa shape index (κ3) is 3.74. The predicted octanol–water partition coefficient (Wildman–Crippen LogP) is 2.98. The Morgan fingerprint density at radius 3 is 2.57 bits per heavy atom. The molecule has 2 aromatic rings. The third-order valence-electron chi connectivity index (χ3n) is 4.27. The topological polar surface area (TPSA) is 55.4 Å². The van der Waals surface area contributed by atoms with E-state index < -0.39 is 10.0 Å². The van der Waals surface area contributed by atoms with Crippen LogP contribution in [0.2, 0.25) is 0 Å². The lowest BCUT2D eigenvalue weighted by Gasteiger charge is -2.10. The van der Waals surface area contributed by atoms with Crippen LogP contribution in [-0.4, -0.2) is 21.6 Å². The van der Waals surface area contributed by atoms with E-state index in [2.05, 4.69) is 4.72 Å². The van der Waals surface area contributed by atoms with Gasteiger partial charge < -0.3 is 4.74 Å². The van der Waals surface area contributed by atoms with Crippen molar-refractivity contribution < 1.29 is 13.2 Å². The lowest BCUT2D eigenvalue weighted by atomic mass is 10.1. The maximum atomic E-state index is 12.4. The number of para-hydroxylation sites is 1. The molecule has 0 spiro atoms. The van der Waals surface area contributed by atoms with Crippen LogP contribution in [0.15, 0.2) is 48.5 Å². The molecule has 1 aliphatic carbocycles. The molecule has 0 bridgehead atoms. The highest BCUT2D eigenvalue weighted by atomic mass is 32.2. The Labute approximate surface area is 137 Å². The van der Waals surface area contributed by atoms with Crippen LogP contribution in [0.3, 0.4) is 0 Å². The van der Waals surface area contributed by atoms with E-state index in [9.17, 15) is 8.42 Å². The summed E-state index contributed by atoms with van der Waals surface area (Å²) in [4.78, 5) is 0. The molecule has 2 atom stereocenters. The van der Waals surface area contributed by atoms with E-state index in [1.54, 1.807) is 7.11 Å². The van der Waals surface area contributed by atoms with Crippen LogP contribution in [-0.2, 0) is 15.8 Å². The molecular weight excluding hydrogens is 310 g/mol. The first-order valence-corrected chi connectivity index (χ1v) is 9.33.